The number of hydrogen-bond donors (Lipinski definition) is 0. The molecular weight excluding hydrogens is 402 g/mol. The van der Waals surface area contributed by atoms with Crippen LogP contribution in [0.1, 0.15) is 37.9 Å². The Kier molecular flexibility index (Phi) is 7.09. The van der Waals surface area contributed by atoms with Crippen LogP contribution in [0.25, 0.3) is 0 Å². The first-order valence-corrected chi connectivity index (χ1v) is 10.9. The number of aromatic nitrogens is 5. The van der Waals surface area contributed by atoms with Gasteiger partial charge in [-0.25, -0.2) is 0 Å². The highest BCUT2D eigenvalue weighted by molar-refractivity contribution is 7.98. The van der Waals surface area contributed by atoms with E-state index < -0.39 is 0 Å². The van der Waals surface area contributed by atoms with Gasteiger partial charge in [-0.05, 0) is 30.0 Å². The lowest BCUT2D eigenvalue weighted by Gasteiger charge is -2.13. The molecule has 2 aromatic heterocycles. The van der Waals surface area contributed by atoms with E-state index in [2.05, 4.69) is 57.3 Å². The number of rotatable bonds is 9. The van der Waals surface area contributed by atoms with Gasteiger partial charge in [0.2, 0.25) is 0 Å². The SMILES string of the molecule is CCc1ccc(OCc2nnc(SCc3nnsc3Cl)n2CC(C)C)cc1. The number of aryl methyl sites for hydroxylation is 1. The first-order valence-electron chi connectivity index (χ1n) is 8.80. The van der Waals surface area contributed by atoms with Crippen molar-refractivity contribution in [2.45, 2.75) is 51.3 Å². The Labute approximate surface area is 172 Å². The standard InChI is InChI=1S/C18H22ClN5OS2/c1-4-13-5-7-14(8-6-13)25-10-16-21-22-18(24(16)9-12(2)3)26-11-15-17(19)27-23-20-15/h5-8,12H,4,9-11H2,1-3H3. The molecule has 9 heteroatoms. The zero-order chi connectivity index (χ0) is 19.2. The second kappa shape index (κ2) is 9.52. The van der Waals surface area contributed by atoms with E-state index in [4.69, 9.17) is 16.3 Å². The van der Waals surface area contributed by atoms with E-state index in [9.17, 15) is 0 Å². The Morgan fingerprint density at radius 3 is 2.59 bits per heavy atom. The van der Waals surface area contributed by atoms with Gasteiger partial charge < -0.3 is 9.30 Å². The third-order valence-corrected chi connectivity index (χ3v) is 5.85. The van der Waals surface area contributed by atoms with Crippen molar-refractivity contribution >= 4 is 34.9 Å². The van der Waals surface area contributed by atoms with Gasteiger partial charge in [0.25, 0.3) is 0 Å². The molecule has 0 unspecified atom stereocenters. The zero-order valence-electron chi connectivity index (χ0n) is 15.6. The lowest BCUT2D eigenvalue weighted by atomic mass is 10.2. The minimum absolute atomic E-state index is 0.380. The molecule has 27 heavy (non-hydrogen) atoms. The molecule has 0 amide bonds. The summed E-state index contributed by atoms with van der Waals surface area (Å²) in [5.41, 5.74) is 2.07. The quantitative estimate of drug-likeness (QED) is 0.457. The normalized spacial score (nSPS) is 11.3. The highest BCUT2D eigenvalue weighted by Crippen LogP contribution is 2.27. The fourth-order valence-corrected chi connectivity index (χ4v) is 4.17. The van der Waals surface area contributed by atoms with Gasteiger partial charge in [0.05, 0.1) is 0 Å². The van der Waals surface area contributed by atoms with E-state index in [0.717, 1.165) is 35.4 Å². The fourth-order valence-electron chi connectivity index (χ4n) is 2.47. The number of nitrogens with zero attached hydrogens (tertiary/aromatic N) is 5. The van der Waals surface area contributed by atoms with Crippen molar-refractivity contribution in [2.24, 2.45) is 5.92 Å². The summed E-state index contributed by atoms with van der Waals surface area (Å²) in [4.78, 5) is 0. The van der Waals surface area contributed by atoms with Crippen LogP contribution in [0.4, 0.5) is 0 Å². The van der Waals surface area contributed by atoms with Crippen molar-refractivity contribution in [2.75, 3.05) is 0 Å². The molecule has 0 atom stereocenters. The van der Waals surface area contributed by atoms with Gasteiger partial charge in [0.1, 0.15) is 22.4 Å². The van der Waals surface area contributed by atoms with Crippen molar-refractivity contribution < 1.29 is 4.74 Å². The van der Waals surface area contributed by atoms with Crippen LogP contribution in [-0.2, 0) is 25.3 Å². The maximum absolute atomic E-state index is 6.09. The third kappa shape index (κ3) is 5.43. The second-order valence-electron chi connectivity index (χ2n) is 6.47. The van der Waals surface area contributed by atoms with E-state index in [0.29, 0.717) is 22.6 Å². The van der Waals surface area contributed by atoms with Crippen molar-refractivity contribution in [3.63, 3.8) is 0 Å². The first kappa shape index (κ1) is 20.1. The smallest absolute Gasteiger partial charge is 0.191 e. The summed E-state index contributed by atoms with van der Waals surface area (Å²) in [6.07, 6.45) is 1.02. The van der Waals surface area contributed by atoms with Crippen LogP contribution in [0.2, 0.25) is 4.34 Å². The molecule has 0 saturated carbocycles. The zero-order valence-corrected chi connectivity index (χ0v) is 17.9. The molecule has 0 bridgehead atoms. The largest absolute Gasteiger partial charge is 0.486 e. The summed E-state index contributed by atoms with van der Waals surface area (Å²) in [5, 5.41) is 13.6. The second-order valence-corrected chi connectivity index (χ2v) is 8.77. The summed E-state index contributed by atoms with van der Waals surface area (Å²) in [5.74, 6) is 2.73. The van der Waals surface area contributed by atoms with Crippen LogP contribution in [0.3, 0.4) is 0 Å². The Bertz CT molecular complexity index is 863. The van der Waals surface area contributed by atoms with Gasteiger partial charge in [-0.15, -0.1) is 15.3 Å². The van der Waals surface area contributed by atoms with Crippen molar-refractivity contribution in [3.05, 3.63) is 45.7 Å². The molecule has 0 spiro atoms. The topological polar surface area (TPSA) is 65.7 Å². The molecule has 0 saturated heterocycles. The molecule has 144 valence electrons. The summed E-state index contributed by atoms with van der Waals surface area (Å²) >= 11 is 8.85. The van der Waals surface area contributed by atoms with Crippen LogP contribution in [0.5, 0.6) is 5.75 Å². The lowest BCUT2D eigenvalue weighted by Crippen LogP contribution is -2.12. The van der Waals surface area contributed by atoms with Crippen LogP contribution in [0.15, 0.2) is 29.4 Å². The van der Waals surface area contributed by atoms with Gasteiger partial charge in [-0.3, -0.25) is 0 Å². The van der Waals surface area contributed by atoms with Gasteiger partial charge in [0.15, 0.2) is 11.0 Å². The van der Waals surface area contributed by atoms with E-state index in [-0.39, 0.29) is 0 Å². The highest BCUT2D eigenvalue weighted by atomic mass is 35.5. The first-order chi connectivity index (χ1) is 13.1. The maximum atomic E-state index is 6.09. The minimum Gasteiger partial charge on any atom is -0.486 e. The molecule has 0 aliphatic heterocycles. The molecule has 0 radical (unpaired) electrons. The highest BCUT2D eigenvalue weighted by Gasteiger charge is 2.16. The summed E-state index contributed by atoms with van der Waals surface area (Å²) in [7, 11) is 0. The van der Waals surface area contributed by atoms with Crippen LogP contribution in [-0.4, -0.2) is 24.4 Å². The summed E-state index contributed by atoms with van der Waals surface area (Å²) in [6.45, 7) is 7.68. The van der Waals surface area contributed by atoms with E-state index in [1.165, 1.54) is 17.1 Å². The molecule has 0 fully saturated rings. The fraction of sp³-hybridized carbons (Fsp3) is 0.444. The molecule has 2 heterocycles. The van der Waals surface area contributed by atoms with Gasteiger partial charge in [-0.1, -0.05) is 60.8 Å². The summed E-state index contributed by atoms with van der Waals surface area (Å²) < 4.78 is 12.5. The van der Waals surface area contributed by atoms with E-state index >= 15 is 0 Å². The Morgan fingerprint density at radius 1 is 1.19 bits per heavy atom. The molecule has 1 aromatic carbocycles. The van der Waals surface area contributed by atoms with Crippen LogP contribution < -0.4 is 4.74 Å². The maximum Gasteiger partial charge on any atom is 0.191 e. The monoisotopic (exact) mass is 423 g/mol. The van der Waals surface area contributed by atoms with Crippen molar-refractivity contribution in [1.82, 2.24) is 24.4 Å². The minimum atomic E-state index is 0.380. The Morgan fingerprint density at radius 2 is 1.96 bits per heavy atom. The van der Waals surface area contributed by atoms with Crippen LogP contribution in [0, 0.1) is 5.92 Å². The van der Waals surface area contributed by atoms with Crippen molar-refractivity contribution in [1.29, 1.82) is 0 Å². The Hall–Kier alpha value is -1.64. The molecule has 3 rings (SSSR count). The van der Waals surface area contributed by atoms with Gasteiger partial charge >= 0.3 is 0 Å². The average molecular weight is 424 g/mol. The number of benzene rings is 1. The molecule has 0 aliphatic rings. The van der Waals surface area contributed by atoms with E-state index in [1.807, 2.05) is 12.1 Å². The number of thioether (sulfide) groups is 1. The molecule has 0 N–H and O–H groups in total. The molecule has 0 aliphatic carbocycles. The predicted molar refractivity (Wildman–Crippen MR) is 109 cm³/mol. The van der Waals surface area contributed by atoms with Crippen molar-refractivity contribution in [3.8, 4) is 5.75 Å². The number of hydrogen-bond acceptors (Lipinski definition) is 7. The van der Waals surface area contributed by atoms with E-state index in [1.54, 1.807) is 11.8 Å². The number of halogens is 1. The lowest BCUT2D eigenvalue weighted by molar-refractivity contribution is 0.284. The van der Waals surface area contributed by atoms with Gasteiger partial charge in [-0.2, -0.15) is 0 Å². The number of ether oxygens (including phenoxy) is 1. The Balaban J connectivity index is 1.69. The molecule has 6 nitrogen and oxygen atoms in total. The summed E-state index contributed by atoms with van der Waals surface area (Å²) in [6, 6.07) is 8.16. The third-order valence-electron chi connectivity index (χ3n) is 3.89. The molecular formula is C18H22ClN5OS2. The predicted octanol–water partition coefficient (Wildman–Crippen LogP) is 4.87. The molecule has 3 aromatic rings. The average Bonchev–Trinajstić information content (AvgIpc) is 3.24. The van der Waals surface area contributed by atoms with Gasteiger partial charge in [0, 0.05) is 23.8 Å². The van der Waals surface area contributed by atoms with Crippen LogP contribution >= 0.6 is 34.9 Å².